The van der Waals surface area contributed by atoms with Crippen LogP contribution in [0.1, 0.15) is 0 Å². The van der Waals surface area contributed by atoms with E-state index < -0.39 is 21.8 Å². The van der Waals surface area contributed by atoms with E-state index in [1.807, 2.05) is 0 Å². The van der Waals surface area contributed by atoms with Crippen LogP contribution < -0.4 is 5.32 Å². The molecule has 0 bridgehead atoms. The molecule has 2 N–H and O–H groups in total. The summed E-state index contributed by atoms with van der Waals surface area (Å²) in [5.74, 6) is -0.944. The second-order valence-electron chi connectivity index (χ2n) is 1.78. The summed E-state index contributed by atoms with van der Waals surface area (Å²) in [5, 5.41) is 2.19. The van der Waals surface area contributed by atoms with E-state index >= 15 is 0 Å². The fourth-order valence-corrected chi connectivity index (χ4v) is 0.735. The largest absolute Gasteiger partial charge is 0.351 e. The summed E-state index contributed by atoms with van der Waals surface area (Å²) >= 11 is 0. The summed E-state index contributed by atoms with van der Waals surface area (Å²) in [6.07, 6.45) is 1.02. The SMILES string of the molecule is C=CC(=O)NCCS(=O)(=O)O. The highest BCUT2D eigenvalue weighted by atomic mass is 32.2. The lowest BCUT2D eigenvalue weighted by atomic mass is 10.6. The molecule has 11 heavy (non-hydrogen) atoms. The third kappa shape index (κ3) is 7.01. The predicted molar refractivity (Wildman–Crippen MR) is 39.6 cm³/mol. The van der Waals surface area contributed by atoms with Gasteiger partial charge in [0, 0.05) is 6.54 Å². The van der Waals surface area contributed by atoms with Crippen LogP contribution in [0.2, 0.25) is 0 Å². The summed E-state index contributed by atoms with van der Waals surface area (Å²) < 4.78 is 28.4. The molecule has 0 aromatic heterocycles. The molecule has 0 aliphatic heterocycles. The van der Waals surface area contributed by atoms with Gasteiger partial charge in [0.25, 0.3) is 10.1 Å². The molecule has 0 aliphatic carbocycles. The summed E-state index contributed by atoms with van der Waals surface area (Å²) in [6, 6.07) is 0. The van der Waals surface area contributed by atoms with Crippen molar-refractivity contribution < 1.29 is 17.8 Å². The number of carbonyl (C=O) groups is 1. The van der Waals surface area contributed by atoms with E-state index in [-0.39, 0.29) is 6.54 Å². The van der Waals surface area contributed by atoms with Gasteiger partial charge in [0.15, 0.2) is 0 Å². The molecule has 0 aromatic rings. The average Bonchev–Trinajstić information content (AvgIpc) is 1.85. The van der Waals surface area contributed by atoms with Crippen molar-refractivity contribution in [2.75, 3.05) is 12.3 Å². The maximum Gasteiger partial charge on any atom is 0.266 e. The number of nitrogens with one attached hydrogen (secondary N) is 1. The Morgan fingerprint density at radius 3 is 2.55 bits per heavy atom. The zero-order valence-corrected chi connectivity index (χ0v) is 6.60. The van der Waals surface area contributed by atoms with E-state index in [4.69, 9.17) is 4.55 Å². The number of carbonyl (C=O) groups excluding carboxylic acids is 1. The number of hydrogen-bond acceptors (Lipinski definition) is 3. The van der Waals surface area contributed by atoms with E-state index in [9.17, 15) is 13.2 Å². The van der Waals surface area contributed by atoms with Crippen LogP contribution in [0.3, 0.4) is 0 Å². The van der Waals surface area contributed by atoms with E-state index in [0.29, 0.717) is 0 Å². The van der Waals surface area contributed by atoms with E-state index in [1.54, 1.807) is 0 Å². The van der Waals surface area contributed by atoms with Gasteiger partial charge in [-0.25, -0.2) is 0 Å². The quantitative estimate of drug-likeness (QED) is 0.436. The van der Waals surface area contributed by atoms with E-state index in [1.165, 1.54) is 0 Å². The van der Waals surface area contributed by atoms with Gasteiger partial charge in [-0.3, -0.25) is 9.35 Å². The molecule has 1 amide bonds. The minimum atomic E-state index is -3.98. The van der Waals surface area contributed by atoms with E-state index in [2.05, 4.69) is 11.9 Å². The third-order valence-electron chi connectivity index (χ3n) is 0.845. The smallest absolute Gasteiger partial charge is 0.266 e. The highest BCUT2D eigenvalue weighted by Crippen LogP contribution is 1.78. The zero-order chi connectivity index (χ0) is 8.91. The van der Waals surface area contributed by atoms with Crippen LogP contribution in [0.5, 0.6) is 0 Å². The molecular formula is C5H9NO4S. The fourth-order valence-electron chi connectivity index (χ4n) is 0.375. The molecule has 6 heteroatoms. The van der Waals surface area contributed by atoms with Crippen LogP contribution in [0.15, 0.2) is 12.7 Å². The van der Waals surface area contributed by atoms with Crippen LogP contribution in [0, 0.1) is 0 Å². The molecular weight excluding hydrogens is 170 g/mol. The molecule has 0 rings (SSSR count). The van der Waals surface area contributed by atoms with Crippen LogP contribution >= 0.6 is 0 Å². The predicted octanol–water partition coefficient (Wildman–Crippen LogP) is -0.824. The minimum absolute atomic E-state index is 0.107. The highest BCUT2D eigenvalue weighted by molar-refractivity contribution is 7.85. The minimum Gasteiger partial charge on any atom is -0.351 e. The van der Waals surface area contributed by atoms with Crippen LogP contribution in [0.4, 0.5) is 0 Å². The van der Waals surface area contributed by atoms with Crippen molar-refractivity contribution in [3.8, 4) is 0 Å². The summed E-state index contributed by atoms with van der Waals surface area (Å²) in [7, 11) is -3.98. The first-order chi connectivity index (χ1) is 4.95. The van der Waals surface area contributed by atoms with Gasteiger partial charge in [-0.15, -0.1) is 0 Å². The average molecular weight is 179 g/mol. The Labute approximate surface area is 64.8 Å². The monoisotopic (exact) mass is 179 g/mol. The molecule has 0 aliphatic rings. The molecule has 0 radical (unpaired) electrons. The van der Waals surface area contributed by atoms with Gasteiger partial charge in [0.05, 0.1) is 5.75 Å². The van der Waals surface area contributed by atoms with Gasteiger partial charge in [-0.1, -0.05) is 6.58 Å². The molecule has 0 atom stereocenters. The molecule has 0 spiro atoms. The summed E-state index contributed by atoms with van der Waals surface area (Å²) in [6.45, 7) is 3.04. The summed E-state index contributed by atoms with van der Waals surface area (Å²) in [5.41, 5.74) is 0. The fraction of sp³-hybridized carbons (Fsp3) is 0.400. The van der Waals surface area contributed by atoms with Crippen molar-refractivity contribution in [2.24, 2.45) is 0 Å². The molecule has 0 aromatic carbocycles. The number of amides is 1. The molecule has 5 nitrogen and oxygen atoms in total. The van der Waals surface area contributed by atoms with Crippen molar-refractivity contribution in [2.45, 2.75) is 0 Å². The van der Waals surface area contributed by atoms with Crippen molar-refractivity contribution >= 4 is 16.0 Å². The Kier molecular flexibility index (Phi) is 3.77. The second kappa shape index (κ2) is 4.09. The third-order valence-corrected chi connectivity index (χ3v) is 1.56. The normalized spacial score (nSPS) is 10.6. The van der Waals surface area contributed by atoms with Gasteiger partial charge in [0.2, 0.25) is 5.91 Å². The Balaban J connectivity index is 3.59. The topological polar surface area (TPSA) is 83.5 Å². The van der Waals surface area contributed by atoms with E-state index in [0.717, 1.165) is 6.08 Å². The van der Waals surface area contributed by atoms with Gasteiger partial charge >= 0.3 is 0 Å². The Morgan fingerprint density at radius 2 is 2.18 bits per heavy atom. The standard InChI is InChI=1S/C5H9NO4S/c1-2-5(7)6-3-4-11(8,9)10/h2H,1,3-4H2,(H,6,7)(H,8,9,10). The van der Waals surface area contributed by atoms with Crippen molar-refractivity contribution in [3.05, 3.63) is 12.7 Å². The van der Waals surface area contributed by atoms with Gasteiger partial charge < -0.3 is 5.32 Å². The van der Waals surface area contributed by atoms with Crippen LogP contribution in [-0.2, 0) is 14.9 Å². The lowest BCUT2D eigenvalue weighted by molar-refractivity contribution is -0.116. The van der Waals surface area contributed by atoms with Crippen LogP contribution in [-0.4, -0.2) is 31.2 Å². The first-order valence-corrected chi connectivity index (χ1v) is 4.42. The number of rotatable bonds is 4. The second-order valence-corrected chi connectivity index (χ2v) is 3.35. The Morgan fingerprint density at radius 1 is 1.64 bits per heavy atom. The van der Waals surface area contributed by atoms with Crippen molar-refractivity contribution in [3.63, 3.8) is 0 Å². The first-order valence-electron chi connectivity index (χ1n) is 2.81. The highest BCUT2D eigenvalue weighted by Gasteiger charge is 2.03. The zero-order valence-electron chi connectivity index (χ0n) is 5.78. The van der Waals surface area contributed by atoms with Crippen molar-refractivity contribution in [1.82, 2.24) is 5.32 Å². The van der Waals surface area contributed by atoms with Gasteiger partial charge in [0.1, 0.15) is 0 Å². The molecule has 0 heterocycles. The Hall–Kier alpha value is -0.880. The molecule has 0 fully saturated rings. The Bertz CT molecular complexity index is 243. The molecule has 0 unspecified atom stereocenters. The van der Waals surface area contributed by atoms with Crippen LogP contribution in [0.25, 0.3) is 0 Å². The maximum atomic E-state index is 10.4. The maximum absolute atomic E-state index is 10.4. The van der Waals surface area contributed by atoms with Gasteiger partial charge in [-0.05, 0) is 6.08 Å². The lowest BCUT2D eigenvalue weighted by Gasteiger charge is -1.97. The first kappa shape index (κ1) is 10.1. The van der Waals surface area contributed by atoms with Gasteiger partial charge in [-0.2, -0.15) is 8.42 Å². The molecule has 0 saturated carbocycles. The molecule has 64 valence electrons. The number of hydrogen-bond donors (Lipinski definition) is 2. The van der Waals surface area contributed by atoms with Crippen molar-refractivity contribution in [1.29, 1.82) is 0 Å². The summed E-state index contributed by atoms with van der Waals surface area (Å²) in [4.78, 5) is 10.4. The lowest BCUT2D eigenvalue weighted by Crippen LogP contribution is -2.27. The molecule has 0 saturated heterocycles.